The van der Waals surface area contributed by atoms with E-state index in [0.29, 0.717) is 6.54 Å². The Hall–Kier alpha value is -1.36. The summed E-state index contributed by atoms with van der Waals surface area (Å²) in [5.74, 6) is -0.796. The lowest BCUT2D eigenvalue weighted by Crippen LogP contribution is -2.34. The standard InChI is InChI=1S/C9H14N2O3/c1-14-10-5-8-3-2-4-11(6-8)7-9(12)13/h3,5H,2,4,6-7H2,1H3,(H,12,13)/b10-5+. The van der Waals surface area contributed by atoms with Crippen LogP contribution < -0.4 is 0 Å². The van der Waals surface area contributed by atoms with E-state index >= 15 is 0 Å². The predicted octanol–water partition coefficient (Wildman–Crippen LogP) is 0.335. The normalized spacial score (nSPS) is 18.2. The first-order chi connectivity index (χ1) is 6.72. The zero-order chi connectivity index (χ0) is 10.4. The fourth-order valence-corrected chi connectivity index (χ4v) is 1.37. The van der Waals surface area contributed by atoms with Crippen LogP contribution in [0, 0.1) is 0 Å². The smallest absolute Gasteiger partial charge is 0.317 e. The second-order valence-corrected chi connectivity index (χ2v) is 3.09. The summed E-state index contributed by atoms with van der Waals surface area (Å²) in [5.41, 5.74) is 0.999. The van der Waals surface area contributed by atoms with Gasteiger partial charge in [-0.25, -0.2) is 0 Å². The summed E-state index contributed by atoms with van der Waals surface area (Å²) >= 11 is 0. The van der Waals surface area contributed by atoms with E-state index in [1.807, 2.05) is 11.0 Å². The van der Waals surface area contributed by atoms with Crippen LogP contribution in [-0.4, -0.2) is 48.9 Å². The van der Waals surface area contributed by atoms with E-state index in [1.54, 1.807) is 6.21 Å². The molecule has 0 fully saturated rings. The van der Waals surface area contributed by atoms with Crippen LogP contribution >= 0.6 is 0 Å². The molecule has 0 aromatic carbocycles. The Kier molecular flexibility index (Phi) is 4.12. The van der Waals surface area contributed by atoms with Crippen LogP contribution in [-0.2, 0) is 9.63 Å². The monoisotopic (exact) mass is 198 g/mol. The maximum Gasteiger partial charge on any atom is 0.317 e. The van der Waals surface area contributed by atoms with Crippen molar-refractivity contribution >= 4 is 12.2 Å². The van der Waals surface area contributed by atoms with Gasteiger partial charge in [-0.3, -0.25) is 9.69 Å². The first-order valence-corrected chi connectivity index (χ1v) is 4.42. The summed E-state index contributed by atoms with van der Waals surface area (Å²) in [4.78, 5) is 16.9. The van der Waals surface area contributed by atoms with Gasteiger partial charge in [-0.15, -0.1) is 0 Å². The van der Waals surface area contributed by atoms with Crippen LogP contribution in [0.3, 0.4) is 0 Å². The lowest BCUT2D eigenvalue weighted by molar-refractivity contribution is -0.138. The second kappa shape index (κ2) is 5.39. The fraction of sp³-hybridized carbons (Fsp3) is 0.556. The molecule has 1 rings (SSSR count). The molecule has 0 spiro atoms. The average Bonchev–Trinajstić information content (AvgIpc) is 2.14. The minimum atomic E-state index is -0.796. The second-order valence-electron chi connectivity index (χ2n) is 3.09. The van der Waals surface area contributed by atoms with Crippen molar-refractivity contribution in [2.45, 2.75) is 6.42 Å². The maximum absolute atomic E-state index is 10.5. The van der Waals surface area contributed by atoms with Crippen molar-refractivity contribution < 1.29 is 14.7 Å². The maximum atomic E-state index is 10.5. The quantitative estimate of drug-likeness (QED) is 0.522. The highest BCUT2D eigenvalue weighted by Gasteiger charge is 2.13. The molecule has 0 unspecified atom stereocenters. The Morgan fingerprint density at radius 3 is 3.29 bits per heavy atom. The van der Waals surface area contributed by atoms with E-state index in [-0.39, 0.29) is 6.54 Å². The van der Waals surface area contributed by atoms with Gasteiger partial charge < -0.3 is 9.94 Å². The van der Waals surface area contributed by atoms with Crippen LogP contribution in [0.4, 0.5) is 0 Å². The molecule has 5 nitrogen and oxygen atoms in total. The van der Waals surface area contributed by atoms with E-state index < -0.39 is 5.97 Å². The number of oxime groups is 1. The van der Waals surface area contributed by atoms with Crippen molar-refractivity contribution in [1.29, 1.82) is 0 Å². The number of carboxylic acid groups (broad SMARTS) is 1. The molecular formula is C9H14N2O3. The Morgan fingerprint density at radius 2 is 2.64 bits per heavy atom. The molecule has 0 aromatic rings. The van der Waals surface area contributed by atoms with Gasteiger partial charge in [0.1, 0.15) is 7.11 Å². The van der Waals surface area contributed by atoms with Crippen molar-refractivity contribution in [1.82, 2.24) is 4.90 Å². The Bertz CT molecular complexity index is 261. The number of aliphatic carboxylic acids is 1. The van der Waals surface area contributed by atoms with Gasteiger partial charge in [0.2, 0.25) is 0 Å². The topological polar surface area (TPSA) is 62.1 Å². The highest BCUT2D eigenvalue weighted by Crippen LogP contribution is 2.07. The van der Waals surface area contributed by atoms with Crippen molar-refractivity contribution in [3.05, 3.63) is 11.6 Å². The molecule has 0 saturated carbocycles. The molecule has 1 aliphatic heterocycles. The van der Waals surface area contributed by atoms with Gasteiger partial charge in [-0.2, -0.15) is 0 Å². The summed E-state index contributed by atoms with van der Waals surface area (Å²) in [6.45, 7) is 1.49. The van der Waals surface area contributed by atoms with E-state index in [1.165, 1.54) is 7.11 Å². The molecule has 0 saturated heterocycles. The van der Waals surface area contributed by atoms with Crippen LogP contribution in [0.1, 0.15) is 6.42 Å². The lowest BCUT2D eigenvalue weighted by Gasteiger charge is -2.23. The summed E-state index contributed by atoms with van der Waals surface area (Å²) in [5, 5.41) is 12.3. The fourth-order valence-electron chi connectivity index (χ4n) is 1.37. The highest BCUT2D eigenvalue weighted by molar-refractivity contribution is 5.79. The number of nitrogens with zero attached hydrogens (tertiary/aromatic N) is 2. The van der Waals surface area contributed by atoms with Gasteiger partial charge in [-0.05, 0) is 12.0 Å². The number of hydrogen-bond donors (Lipinski definition) is 1. The number of rotatable bonds is 4. The van der Waals surface area contributed by atoms with E-state index in [9.17, 15) is 4.79 Å². The molecule has 0 bridgehead atoms. The third-order valence-electron chi connectivity index (χ3n) is 1.94. The average molecular weight is 198 g/mol. The molecular weight excluding hydrogens is 184 g/mol. The Labute approximate surface area is 82.6 Å². The summed E-state index contributed by atoms with van der Waals surface area (Å²) < 4.78 is 0. The molecule has 0 amide bonds. The van der Waals surface area contributed by atoms with Crippen LogP contribution in [0.15, 0.2) is 16.8 Å². The van der Waals surface area contributed by atoms with Crippen molar-refractivity contribution in [2.75, 3.05) is 26.7 Å². The molecule has 0 aromatic heterocycles. The molecule has 0 atom stereocenters. The third-order valence-corrected chi connectivity index (χ3v) is 1.94. The van der Waals surface area contributed by atoms with Crippen LogP contribution in [0.5, 0.6) is 0 Å². The zero-order valence-electron chi connectivity index (χ0n) is 8.14. The molecule has 14 heavy (non-hydrogen) atoms. The number of carboxylic acids is 1. The summed E-state index contributed by atoms with van der Waals surface area (Å²) in [7, 11) is 1.48. The van der Waals surface area contributed by atoms with Crippen LogP contribution in [0.25, 0.3) is 0 Å². The molecule has 0 radical (unpaired) electrons. The van der Waals surface area contributed by atoms with Gasteiger partial charge in [0.05, 0.1) is 12.8 Å². The summed E-state index contributed by atoms with van der Waals surface area (Å²) in [6.07, 6.45) is 4.52. The molecule has 0 aliphatic carbocycles. The molecule has 1 heterocycles. The predicted molar refractivity (Wildman–Crippen MR) is 52.3 cm³/mol. The first-order valence-electron chi connectivity index (χ1n) is 4.42. The molecule has 5 heteroatoms. The van der Waals surface area contributed by atoms with Crippen molar-refractivity contribution in [3.63, 3.8) is 0 Å². The Morgan fingerprint density at radius 1 is 1.86 bits per heavy atom. The number of hydrogen-bond acceptors (Lipinski definition) is 4. The third kappa shape index (κ3) is 3.57. The van der Waals surface area contributed by atoms with Gasteiger partial charge in [0.15, 0.2) is 0 Å². The van der Waals surface area contributed by atoms with Crippen molar-refractivity contribution in [3.8, 4) is 0 Å². The van der Waals surface area contributed by atoms with Crippen molar-refractivity contribution in [2.24, 2.45) is 5.16 Å². The number of carbonyl (C=O) groups is 1. The molecule has 1 aliphatic rings. The van der Waals surface area contributed by atoms with E-state index in [0.717, 1.165) is 18.5 Å². The largest absolute Gasteiger partial charge is 0.480 e. The van der Waals surface area contributed by atoms with E-state index in [2.05, 4.69) is 9.99 Å². The first kappa shape index (κ1) is 10.7. The highest BCUT2D eigenvalue weighted by atomic mass is 16.6. The van der Waals surface area contributed by atoms with Crippen LogP contribution in [0.2, 0.25) is 0 Å². The van der Waals surface area contributed by atoms with Gasteiger partial charge in [0.25, 0.3) is 0 Å². The molecule has 78 valence electrons. The zero-order valence-corrected chi connectivity index (χ0v) is 8.14. The van der Waals surface area contributed by atoms with E-state index in [4.69, 9.17) is 5.11 Å². The minimum Gasteiger partial charge on any atom is -0.480 e. The SMILES string of the molecule is CO/N=C/C1=CCCN(CC(=O)O)C1. The molecule has 1 N–H and O–H groups in total. The van der Waals surface area contributed by atoms with Gasteiger partial charge in [-0.1, -0.05) is 11.2 Å². The van der Waals surface area contributed by atoms with Gasteiger partial charge in [0, 0.05) is 13.1 Å². The lowest BCUT2D eigenvalue weighted by atomic mass is 10.1. The summed E-state index contributed by atoms with van der Waals surface area (Å²) in [6, 6.07) is 0. The minimum absolute atomic E-state index is 0.0815. The Balaban J connectivity index is 2.45. The van der Waals surface area contributed by atoms with Gasteiger partial charge >= 0.3 is 5.97 Å².